The van der Waals surface area contributed by atoms with Gasteiger partial charge in [0.15, 0.2) is 0 Å². The van der Waals surface area contributed by atoms with Gasteiger partial charge in [0.25, 0.3) is 0 Å². The molecule has 1 aliphatic rings. The fourth-order valence-electron chi connectivity index (χ4n) is 2.90. The van der Waals surface area contributed by atoms with Crippen molar-refractivity contribution >= 4 is 17.0 Å². The first-order valence-electron chi connectivity index (χ1n) is 8.29. The van der Waals surface area contributed by atoms with Gasteiger partial charge in [0.05, 0.1) is 10.7 Å². The van der Waals surface area contributed by atoms with Crippen LogP contribution in [0.3, 0.4) is 0 Å². The lowest BCUT2D eigenvalue weighted by molar-refractivity contribution is 0.313. The minimum absolute atomic E-state index is 0.332. The Morgan fingerprint density at radius 1 is 1.17 bits per heavy atom. The van der Waals surface area contributed by atoms with Gasteiger partial charge >= 0.3 is 0 Å². The first-order valence-corrected chi connectivity index (χ1v) is 9.17. The molecule has 0 radical (unpaired) electrons. The molecule has 0 spiro atoms. The van der Waals surface area contributed by atoms with Crippen LogP contribution in [-0.4, -0.2) is 43.1 Å². The Kier molecular flexibility index (Phi) is 5.30. The summed E-state index contributed by atoms with van der Waals surface area (Å²) in [5, 5.41) is 6.82. The molecule has 0 aliphatic carbocycles. The Balaban J connectivity index is 1.55. The van der Waals surface area contributed by atoms with E-state index < -0.39 is 0 Å². The molecule has 1 aromatic carbocycles. The zero-order valence-corrected chi connectivity index (χ0v) is 15.1. The van der Waals surface area contributed by atoms with Crippen LogP contribution in [0.2, 0.25) is 0 Å². The van der Waals surface area contributed by atoms with E-state index in [2.05, 4.69) is 70.6 Å². The van der Waals surface area contributed by atoms with Crippen LogP contribution in [0.15, 0.2) is 29.6 Å². The van der Waals surface area contributed by atoms with Crippen LogP contribution < -0.4 is 10.2 Å². The van der Waals surface area contributed by atoms with Gasteiger partial charge in [0.1, 0.15) is 0 Å². The number of likely N-dealkylation sites (N-methyl/N-ethyl adjacent to an activating group) is 1. The van der Waals surface area contributed by atoms with E-state index in [0.717, 1.165) is 43.4 Å². The van der Waals surface area contributed by atoms with Crippen LogP contribution in [-0.2, 0) is 6.54 Å². The molecule has 0 amide bonds. The Morgan fingerprint density at radius 3 is 2.48 bits per heavy atom. The maximum atomic E-state index is 4.50. The van der Waals surface area contributed by atoms with Gasteiger partial charge < -0.3 is 15.1 Å². The number of hydrogen-bond donors (Lipinski definition) is 1. The highest BCUT2D eigenvalue weighted by molar-refractivity contribution is 7.09. The highest BCUT2D eigenvalue weighted by Crippen LogP contribution is 2.20. The summed E-state index contributed by atoms with van der Waals surface area (Å²) in [6.07, 6.45) is 0. The number of aryl methyl sites for hydroxylation is 1. The minimum Gasteiger partial charge on any atom is -0.369 e. The fourth-order valence-corrected chi connectivity index (χ4v) is 3.52. The second-order valence-electron chi connectivity index (χ2n) is 6.34. The van der Waals surface area contributed by atoms with Gasteiger partial charge in [-0.25, -0.2) is 4.98 Å². The number of nitrogens with zero attached hydrogens (tertiary/aromatic N) is 3. The molecule has 1 aliphatic heterocycles. The van der Waals surface area contributed by atoms with Crippen molar-refractivity contribution in [1.82, 2.24) is 15.2 Å². The van der Waals surface area contributed by atoms with Crippen LogP contribution in [0.25, 0.3) is 0 Å². The van der Waals surface area contributed by atoms with Crippen molar-refractivity contribution in [3.63, 3.8) is 0 Å². The summed E-state index contributed by atoms with van der Waals surface area (Å²) >= 11 is 1.71. The lowest BCUT2D eigenvalue weighted by Gasteiger charge is -2.34. The molecule has 1 aromatic heterocycles. The predicted octanol–water partition coefficient (Wildman–Crippen LogP) is 3.05. The Bertz CT molecular complexity index is 614. The molecular weight excluding hydrogens is 304 g/mol. The van der Waals surface area contributed by atoms with Crippen LogP contribution >= 0.6 is 11.3 Å². The number of thiazole rings is 1. The summed E-state index contributed by atoms with van der Waals surface area (Å²) in [4.78, 5) is 9.36. The van der Waals surface area contributed by atoms with Gasteiger partial charge in [0.2, 0.25) is 0 Å². The highest BCUT2D eigenvalue weighted by Gasteiger charge is 2.14. The molecule has 1 saturated heterocycles. The Hall–Kier alpha value is -1.43. The smallest absolute Gasteiger partial charge is 0.0897 e. The lowest BCUT2D eigenvalue weighted by Crippen LogP contribution is -2.44. The topological polar surface area (TPSA) is 31.4 Å². The summed E-state index contributed by atoms with van der Waals surface area (Å²) in [6.45, 7) is 9.61. The number of anilines is 1. The summed E-state index contributed by atoms with van der Waals surface area (Å²) in [7, 11) is 2.19. The van der Waals surface area contributed by atoms with Crippen molar-refractivity contribution in [2.24, 2.45) is 0 Å². The number of benzene rings is 1. The Morgan fingerprint density at radius 2 is 1.87 bits per heavy atom. The highest BCUT2D eigenvalue weighted by atomic mass is 32.1. The van der Waals surface area contributed by atoms with Crippen LogP contribution in [0.5, 0.6) is 0 Å². The summed E-state index contributed by atoms with van der Waals surface area (Å²) in [5.41, 5.74) is 3.80. The normalized spacial score (nSPS) is 17.4. The van der Waals surface area contributed by atoms with Crippen molar-refractivity contribution < 1.29 is 0 Å². The van der Waals surface area contributed by atoms with E-state index in [0.29, 0.717) is 6.04 Å². The predicted molar refractivity (Wildman–Crippen MR) is 98.3 cm³/mol. The number of rotatable bonds is 5. The third-order valence-corrected chi connectivity index (χ3v) is 5.34. The van der Waals surface area contributed by atoms with Crippen molar-refractivity contribution in [2.45, 2.75) is 26.4 Å². The maximum absolute atomic E-state index is 4.50. The molecule has 23 heavy (non-hydrogen) atoms. The van der Waals surface area contributed by atoms with Crippen LogP contribution in [0.4, 0.5) is 5.69 Å². The van der Waals surface area contributed by atoms with Gasteiger partial charge in [-0.05, 0) is 38.6 Å². The Labute approximate surface area is 143 Å². The van der Waals surface area contributed by atoms with Gasteiger partial charge in [0, 0.05) is 49.8 Å². The van der Waals surface area contributed by atoms with Crippen molar-refractivity contribution in [2.75, 3.05) is 38.1 Å². The van der Waals surface area contributed by atoms with E-state index in [1.54, 1.807) is 11.3 Å². The van der Waals surface area contributed by atoms with Crippen LogP contribution in [0.1, 0.15) is 29.2 Å². The van der Waals surface area contributed by atoms with E-state index in [4.69, 9.17) is 0 Å². The molecule has 0 saturated carbocycles. The molecule has 1 fully saturated rings. The number of aromatic nitrogens is 1. The van der Waals surface area contributed by atoms with Crippen molar-refractivity contribution in [1.29, 1.82) is 0 Å². The van der Waals surface area contributed by atoms with E-state index in [9.17, 15) is 0 Å². The average Bonchev–Trinajstić information content (AvgIpc) is 2.99. The molecule has 0 unspecified atom stereocenters. The van der Waals surface area contributed by atoms with Gasteiger partial charge in [-0.1, -0.05) is 12.1 Å². The van der Waals surface area contributed by atoms with E-state index in [1.165, 1.54) is 11.3 Å². The monoisotopic (exact) mass is 330 g/mol. The summed E-state index contributed by atoms with van der Waals surface area (Å²) in [6, 6.07) is 9.34. The molecule has 2 aromatic rings. The molecule has 3 rings (SSSR count). The zero-order valence-electron chi connectivity index (χ0n) is 14.2. The third-order valence-electron chi connectivity index (χ3n) is 4.52. The standard InChI is InChI=1S/C18H26N4S/c1-14(19-12-17-13-23-15(2)20-17)16-4-6-18(7-5-16)22-10-8-21(3)9-11-22/h4-7,13-14,19H,8-12H2,1-3H3/t14-/m0/s1. The number of nitrogens with one attached hydrogen (secondary N) is 1. The molecule has 2 heterocycles. The van der Waals surface area contributed by atoms with Gasteiger partial charge in [-0.3, -0.25) is 0 Å². The average molecular weight is 331 g/mol. The van der Waals surface area contributed by atoms with Crippen LogP contribution in [0, 0.1) is 6.92 Å². The SMILES string of the molecule is Cc1nc(CN[C@@H](C)c2ccc(N3CCN(C)CC3)cc2)cs1. The molecule has 124 valence electrons. The molecule has 1 N–H and O–H groups in total. The molecular formula is C18H26N4S. The first kappa shape index (κ1) is 16.4. The van der Waals surface area contributed by atoms with E-state index >= 15 is 0 Å². The van der Waals surface area contributed by atoms with E-state index in [1.807, 2.05) is 0 Å². The van der Waals surface area contributed by atoms with Gasteiger partial charge in [-0.15, -0.1) is 11.3 Å². The summed E-state index contributed by atoms with van der Waals surface area (Å²) < 4.78 is 0. The largest absolute Gasteiger partial charge is 0.369 e. The fraction of sp³-hybridized carbons (Fsp3) is 0.500. The second-order valence-corrected chi connectivity index (χ2v) is 7.40. The quantitative estimate of drug-likeness (QED) is 0.913. The molecule has 0 bridgehead atoms. The lowest BCUT2D eigenvalue weighted by atomic mass is 10.1. The number of hydrogen-bond acceptors (Lipinski definition) is 5. The zero-order chi connectivity index (χ0) is 16.2. The summed E-state index contributed by atoms with van der Waals surface area (Å²) in [5.74, 6) is 0. The number of piperazine rings is 1. The van der Waals surface area contributed by atoms with Crippen molar-refractivity contribution in [3.05, 3.63) is 45.9 Å². The molecule has 4 nitrogen and oxygen atoms in total. The molecule has 1 atom stereocenters. The molecule has 5 heteroatoms. The van der Waals surface area contributed by atoms with Crippen molar-refractivity contribution in [3.8, 4) is 0 Å². The maximum Gasteiger partial charge on any atom is 0.0897 e. The van der Waals surface area contributed by atoms with E-state index in [-0.39, 0.29) is 0 Å². The third kappa shape index (κ3) is 4.31. The minimum atomic E-state index is 0.332. The first-order chi connectivity index (χ1) is 11.1. The second kappa shape index (κ2) is 7.43. The van der Waals surface area contributed by atoms with Gasteiger partial charge in [-0.2, -0.15) is 0 Å².